The van der Waals surface area contributed by atoms with Gasteiger partial charge < -0.3 is 9.64 Å². The molecule has 1 aliphatic rings. The van der Waals surface area contributed by atoms with Crippen molar-refractivity contribution in [2.75, 3.05) is 13.1 Å². The van der Waals surface area contributed by atoms with Crippen molar-refractivity contribution in [3.05, 3.63) is 0 Å². The molecule has 1 rings (SSSR count). The second kappa shape index (κ2) is 3.88. The summed E-state index contributed by atoms with van der Waals surface area (Å²) in [5.41, 5.74) is -0.656. The van der Waals surface area contributed by atoms with Crippen LogP contribution in [-0.2, 0) is 4.74 Å². The third kappa shape index (κ3) is 3.29. The van der Waals surface area contributed by atoms with Crippen LogP contribution in [0.4, 0.5) is 13.6 Å². The van der Waals surface area contributed by atoms with Crippen molar-refractivity contribution in [2.45, 2.75) is 37.1 Å². The summed E-state index contributed by atoms with van der Waals surface area (Å²) in [5.74, 6) is -2.88. The zero-order valence-corrected chi connectivity index (χ0v) is 10.5. The predicted octanol–water partition coefficient (Wildman–Crippen LogP) is 2.64. The van der Waals surface area contributed by atoms with Gasteiger partial charge in [-0.15, -0.1) is 0 Å². The molecule has 3 nitrogen and oxygen atoms in total. The first kappa shape index (κ1) is 12.7. The van der Waals surface area contributed by atoms with Gasteiger partial charge >= 0.3 is 6.09 Å². The minimum Gasteiger partial charge on any atom is -0.444 e. The summed E-state index contributed by atoms with van der Waals surface area (Å²) in [7, 11) is 0. The molecule has 0 aliphatic carbocycles. The molecule has 1 aliphatic heterocycles. The lowest BCUT2D eigenvalue weighted by molar-refractivity contribution is 0.000933. The van der Waals surface area contributed by atoms with Crippen LogP contribution in [0, 0.1) is 0 Å². The lowest BCUT2D eigenvalue weighted by Crippen LogP contribution is -2.36. The van der Waals surface area contributed by atoms with Gasteiger partial charge in [-0.05, 0) is 20.8 Å². The average Bonchev–Trinajstić information content (AvgIpc) is 2.23. The van der Waals surface area contributed by atoms with Crippen molar-refractivity contribution < 1.29 is 18.3 Å². The van der Waals surface area contributed by atoms with Crippen molar-refractivity contribution in [1.29, 1.82) is 0 Å². The van der Waals surface area contributed by atoms with Gasteiger partial charge in [-0.2, -0.15) is 0 Å². The Morgan fingerprint density at radius 3 is 2.40 bits per heavy atom. The van der Waals surface area contributed by atoms with Crippen LogP contribution in [0.2, 0.25) is 0 Å². The molecule has 1 fully saturated rings. The highest BCUT2D eigenvalue weighted by Gasteiger charge is 2.49. The molecule has 0 saturated carbocycles. The lowest BCUT2D eigenvalue weighted by Gasteiger charge is -2.24. The van der Waals surface area contributed by atoms with Gasteiger partial charge in [0, 0.05) is 6.54 Å². The van der Waals surface area contributed by atoms with Gasteiger partial charge in [0.05, 0.1) is 11.4 Å². The van der Waals surface area contributed by atoms with Gasteiger partial charge in [0.25, 0.3) is 5.92 Å². The summed E-state index contributed by atoms with van der Waals surface area (Å²) < 4.78 is 31.2. The highest BCUT2D eigenvalue weighted by Crippen LogP contribution is 2.33. The summed E-state index contributed by atoms with van der Waals surface area (Å²) in [4.78, 5) is 11.5. The smallest absolute Gasteiger partial charge is 0.410 e. The van der Waals surface area contributed by atoms with Crippen LogP contribution in [0.1, 0.15) is 20.8 Å². The predicted molar refractivity (Wildman–Crippen MR) is 55.5 cm³/mol. The van der Waals surface area contributed by atoms with Crippen LogP contribution in [0.3, 0.4) is 0 Å². The Balaban J connectivity index is 2.58. The fraction of sp³-hybridized carbons (Fsp3) is 0.889. The van der Waals surface area contributed by atoms with E-state index in [0.717, 1.165) is 4.90 Å². The summed E-state index contributed by atoms with van der Waals surface area (Å²) in [6.45, 7) is 4.49. The normalized spacial score (nSPS) is 25.5. The number of hydrogen-bond acceptors (Lipinski definition) is 2. The van der Waals surface area contributed by atoms with Gasteiger partial charge in [0.1, 0.15) is 5.60 Å². The molecule has 0 radical (unpaired) electrons. The van der Waals surface area contributed by atoms with E-state index in [1.165, 1.54) is 0 Å². The maximum Gasteiger partial charge on any atom is 0.410 e. The Bertz CT molecular complexity index is 265. The number of hydrogen-bond donors (Lipinski definition) is 0. The maximum atomic E-state index is 13.1. The molecule has 0 N–H and O–H groups in total. The average molecular weight is 286 g/mol. The quantitative estimate of drug-likeness (QED) is 0.641. The van der Waals surface area contributed by atoms with Crippen LogP contribution in [0.25, 0.3) is 0 Å². The molecule has 1 amide bonds. The number of carbonyl (C=O) groups excluding carboxylic acids is 1. The molecule has 1 saturated heterocycles. The van der Waals surface area contributed by atoms with E-state index in [1.807, 2.05) is 0 Å². The third-order valence-corrected chi connectivity index (χ3v) is 2.85. The molecule has 0 aromatic carbocycles. The van der Waals surface area contributed by atoms with E-state index in [0.29, 0.717) is 0 Å². The van der Waals surface area contributed by atoms with Crippen LogP contribution in [-0.4, -0.2) is 40.4 Å². The largest absolute Gasteiger partial charge is 0.444 e. The first-order valence-corrected chi connectivity index (χ1v) is 5.53. The van der Waals surface area contributed by atoms with Gasteiger partial charge in [-0.3, -0.25) is 0 Å². The number of amides is 1. The van der Waals surface area contributed by atoms with Gasteiger partial charge in [0.2, 0.25) is 0 Å². The molecule has 1 unspecified atom stereocenters. The van der Waals surface area contributed by atoms with Crippen molar-refractivity contribution in [1.82, 2.24) is 4.90 Å². The second-order valence-electron chi connectivity index (χ2n) is 4.59. The van der Waals surface area contributed by atoms with Crippen molar-refractivity contribution in [3.63, 3.8) is 0 Å². The minimum absolute atomic E-state index is 0.0259. The van der Waals surface area contributed by atoms with Crippen molar-refractivity contribution >= 4 is 22.0 Å². The number of likely N-dealkylation sites (tertiary alicyclic amines) is 1. The molecule has 1 heterocycles. The molecule has 0 aromatic heterocycles. The van der Waals surface area contributed by atoms with E-state index in [-0.39, 0.29) is 6.54 Å². The molecule has 0 aromatic rings. The van der Waals surface area contributed by atoms with Gasteiger partial charge in [0.15, 0.2) is 0 Å². The van der Waals surface area contributed by atoms with E-state index in [2.05, 4.69) is 15.9 Å². The number of carbonyl (C=O) groups is 1. The molecule has 0 bridgehead atoms. The van der Waals surface area contributed by atoms with Gasteiger partial charge in [-0.1, -0.05) is 15.9 Å². The molecule has 6 heteroatoms. The van der Waals surface area contributed by atoms with Crippen LogP contribution in [0.5, 0.6) is 0 Å². The Morgan fingerprint density at radius 2 is 2.07 bits per heavy atom. The topological polar surface area (TPSA) is 29.5 Å². The molecule has 1 atom stereocenters. The number of halogens is 3. The molecule has 15 heavy (non-hydrogen) atoms. The van der Waals surface area contributed by atoms with E-state index >= 15 is 0 Å². The van der Waals surface area contributed by atoms with Crippen LogP contribution < -0.4 is 0 Å². The highest BCUT2D eigenvalue weighted by molar-refractivity contribution is 9.09. The van der Waals surface area contributed by atoms with Crippen molar-refractivity contribution in [2.24, 2.45) is 0 Å². The Labute approximate surface area is 95.9 Å². The summed E-state index contributed by atoms with van der Waals surface area (Å²) in [6, 6.07) is 0. The Morgan fingerprint density at radius 1 is 1.53 bits per heavy atom. The fourth-order valence-corrected chi connectivity index (χ4v) is 1.70. The fourth-order valence-electron chi connectivity index (χ4n) is 1.21. The number of nitrogens with zero attached hydrogens (tertiary/aromatic N) is 1. The number of rotatable bonds is 0. The molecule has 88 valence electrons. The first-order valence-electron chi connectivity index (χ1n) is 4.62. The van der Waals surface area contributed by atoms with E-state index in [9.17, 15) is 13.6 Å². The molecular weight excluding hydrogens is 272 g/mol. The van der Waals surface area contributed by atoms with E-state index < -0.39 is 29.0 Å². The zero-order valence-electron chi connectivity index (χ0n) is 8.89. The van der Waals surface area contributed by atoms with Crippen LogP contribution in [0.15, 0.2) is 0 Å². The first-order chi connectivity index (χ1) is 6.62. The minimum atomic E-state index is -2.88. The number of ether oxygens (including phenoxy) is 1. The summed E-state index contributed by atoms with van der Waals surface area (Å²) >= 11 is 2.85. The van der Waals surface area contributed by atoms with Crippen LogP contribution >= 0.6 is 15.9 Å². The summed E-state index contributed by atoms with van der Waals surface area (Å²) in [6.07, 6.45) is -0.691. The summed E-state index contributed by atoms with van der Waals surface area (Å²) in [5, 5.41) is 0. The van der Waals surface area contributed by atoms with E-state index in [4.69, 9.17) is 4.74 Å². The SMILES string of the molecule is CC(C)(C)OC(=O)N1CC(Br)C(F)(F)C1. The Kier molecular flexibility index (Phi) is 3.28. The second-order valence-corrected chi connectivity index (χ2v) is 5.69. The third-order valence-electron chi connectivity index (χ3n) is 1.89. The monoisotopic (exact) mass is 285 g/mol. The van der Waals surface area contributed by atoms with Gasteiger partial charge in [-0.25, -0.2) is 13.6 Å². The van der Waals surface area contributed by atoms with E-state index in [1.54, 1.807) is 20.8 Å². The Hall–Kier alpha value is -0.390. The highest BCUT2D eigenvalue weighted by atomic mass is 79.9. The lowest BCUT2D eigenvalue weighted by atomic mass is 10.2. The molecule has 0 spiro atoms. The zero-order chi connectivity index (χ0) is 11.9. The standard InChI is InChI=1S/C9H14BrF2NO2/c1-8(2,3)15-7(14)13-4-6(10)9(11,12)5-13/h6H,4-5H2,1-3H3. The van der Waals surface area contributed by atoms with Crippen molar-refractivity contribution in [3.8, 4) is 0 Å². The maximum absolute atomic E-state index is 13.1. The molecular formula is C9H14BrF2NO2. The number of alkyl halides is 3.